The van der Waals surface area contributed by atoms with Crippen LogP contribution >= 0.6 is 11.8 Å². The van der Waals surface area contributed by atoms with Crippen molar-refractivity contribution in [2.75, 3.05) is 12.0 Å². The van der Waals surface area contributed by atoms with Gasteiger partial charge in [0, 0.05) is 16.1 Å². The molecule has 2 aromatic rings. The number of anilines is 1. The van der Waals surface area contributed by atoms with E-state index in [-0.39, 0.29) is 5.78 Å². The van der Waals surface area contributed by atoms with Gasteiger partial charge in [-0.15, -0.1) is 11.8 Å². The number of nitrogens with two attached hydrogens (primary N) is 1. The number of hydrogen-bond donors (Lipinski definition) is 1. The van der Waals surface area contributed by atoms with Crippen LogP contribution in [0.2, 0.25) is 0 Å². The number of carbonyl (C=O) groups is 1. The maximum Gasteiger partial charge on any atom is 0.185 e. The van der Waals surface area contributed by atoms with Gasteiger partial charge in [-0.25, -0.2) is 0 Å². The maximum atomic E-state index is 11.9. The molecule has 2 rings (SSSR count). The highest BCUT2D eigenvalue weighted by Crippen LogP contribution is 2.16. The van der Waals surface area contributed by atoms with Gasteiger partial charge in [-0.2, -0.15) is 0 Å². The normalized spacial score (nSPS) is 10.8. The van der Waals surface area contributed by atoms with E-state index in [1.807, 2.05) is 36.6 Å². The summed E-state index contributed by atoms with van der Waals surface area (Å²) in [4.78, 5) is 13.2. The number of ketones is 1. The van der Waals surface area contributed by atoms with Gasteiger partial charge in [-0.3, -0.25) is 4.79 Å². The fraction of sp³-hybridized carbons (Fsp3) is 0.0625. The Morgan fingerprint density at radius 3 is 2.53 bits per heavy atom. The number of thioether (sulfide) groups is 1. The second-order valence-electron chi connectivity index (χ2n) is 4.10. The molecule has 0 bridgehead atoms. The van der Waals surface area contributed by atoms with E-state index in [2.05, 4.69) is 0 Å². The molecule has 0 radical (unpaired) electrons. The number of nitrogen functional groups attached to an aromatic ring is 1. The van der Waals surface area contributed by atoms with Crippen molar-refractivity contribution in [1.29, 1.82) is 0 Å². The second-order valence-corrected chi connectivity index (χ2v) is 4.98. The Morgan fingerprint density at radius 1 is 1.16 bits per heavy atom. The predicted molar refractivity (Wildman–Crippen MR) is 82.4 cm³/mol. The summed E-state index contributed by atoms with van der Waals surface area (Å²) in [6.45, 7) is 0. The molecule has 0 aliphatic rings. The number of rotatable bonds is 4. The highest BCUT2D eigenvalue weighted by Gasteiger charge is 2.01. The molecule has 0 aliphatic carbocycles. The Morgan fingerprint density at radius 2 is 1.89 bits per heavy atom. The number of hydrogen-bond acceptors (Lipinski definition) is 3. The standard InChI is InChI=1S/C16H15NOS/c1-19-15-8-5-12(6-9-15)7-10-16(18)13-3-2-4-14(17)11-13/h2-11H,17H2,1H3/b10-7+. The molecule has 2 nitrogen and oxygen atoms in total. The van der Waals surface area contributed by atoms with E-state index in [1.54, 1.807) is 42.1 Å². The molecule has 0 atom stereocenters. The van der Waals surface area contributed by atoms with Crippen LogP contribution in [0.1, 0.15) is 15.9 Å². The van der Waals surface area contributed by atoms with Gasteiger partial charge in [0.2, 0.25) is 0 Å². The van der Waals surface area contributed by atoms with Crippen molar-refractivity contribution in [2.24, 2.45) is 0 Å². The van der Waals surface area contributed by atoms with Crippen LogP contribution in [-0.2, 0) is 0 Å². The quantitative estimate of drug-likeness (QED) is 0.396. The summed E-state index contributed by atoms with van der Waals surface area (Å²) in [5, 5.41) is 0. The summed E-state index contributed by atoms with van der Waals surface area (Å²) in [6.07, 6.45) is 5.42. The highest BCUT2D eigenvalue weighted by atomic mass is 32.2. The second kappa shape index (κ2) is 6.25. The molecule has 0 saturated carbocycles. The van der Waals surface area contributed by atoms with Crippen LogP contribution in [0.25, 0.3) is 6.08 Å². The maximum absolute atomic E-state index is 11.9. The van der Waals surface area contributed by atoms with Crippen molar-refractivity contribution < 1.29 is 4.79 Å². The Kier molecular flexibility index (Phi) is 4.42. The first kappa shape index (κ1) is 13.4. The molecule has 96 valence electrons. The Labute approximate surface area is 117 Å². The lowest BCUT2D eigenvalue weighted by Crippen LogP contribution is -1.95. The van der Waals surface area contributed by atoms with Crippen molar-refractivity contribution in [1.82, 2.24) is 0 Å². The van der Waals surface area contributed by atoms with E-state index in [0.717, 1.165) is 5.56 Å². The van der Waals surface area contributed by atoms with Gasteiger partial charge in [0.05, 0.1) is 0 Å². The van der Waals surface area contributed by atoms with Gasteiger partial charge < -0.3 is 5.73 Å². The first-order valence-electron chi connectivity index (χ1n) is 5.91. The molecular formula is C16H15NOS. The van der Waals surface area contributed by atoms with Crippen LogP contribution < -0.4 is 5.73 Å². The van der Waals surface area contributed by atoms with Crippen molar-refractivity contribution in [3.8, 4) is 0 Å². The minimum Gasteiger partial charge on any atom is -0.399 e. The summed E-state index contributed by atoms with van der Waals surface area (Å²) in [5.41, 5.74) is 7.88. The summed E-state index contributed by atoms with van der Waals surface area (Å²) in [5.74, 6) is -0.0405. The summed E-state index contributed by atoms with van der Waals surface area (Å²) in [6, 6.07) is 15.1. The van der Waals surface area contributed by atoms with Crippen molar-refractivity contribution in [2.45, 2.75) is 4.90 Å². The van der Waals surface area contributed by atoms with Gasteiger partial charge in [0.15, 0.2) is 5.78 Å². The molecule has 0 aliphatic heterocycles. The Balaban J connectivity index is 2.11. The Bertz CT molecular complexity index is 602. The molecule has 0 heterocycles. The lowest BCUT2D eigenvalue weighted by Gasteiger charge is -1.98. The first-order valence-corrected chi connectivity index (χ1v) is 7.13. The molecule has 2 aromatic carbocycles. The average molecular weight is 269 g/mol. The summed E-state index contributed by atoms with van der Waals surface area (Å²) >= 11 is 1.70. The first-order chi connectivity index (χ1) is 9.19. The minimum atomic E-state index is -0.0405. The molecule has 0 fully saturated rings. The molecular weight excluding hydrogens is 254 g/mol. The third kappa shape index (κ3) is 3.73. The molecule has 0 saturated heterocycles. The van der Waals surface area contributed by atoms with Crippen LogP contribution in [0.3, 0.4) is 0 Å². The molecule has 0 unspecified atom stereocenters. The zero-order valence-corrected chi connectivity index (χ0v) is 11.5. The van der Waals surface area contributed by atoms with Gasteiger partial charge in [0.25, 0.3) is 0 Å². The van der Waals surface area contributed by atoms with E-state index >= 15 is 0 Å². The smallest absolute Gasteiger partial charge is 0.185 e. The zero-order valence-electron chi connectivity index (χ0n) is 10.7. The van der Waals surface area contributed by atoms with E-state index in [1.165, 1.54) is 4.90 Å². The molecule has 0 spiro atoms. The lowest BCUT2D eigenvalue weighted by molar-refractivity contribution is 0.104. The van der Waals surface area contributed by atoms with Gasteiger partial charge >= 0.3 is 0 Å². The molecule has 2 N–H and O–H groups in total. The number of allylic oxidation sites excluding steroid dienone is 1. The molecule has 19 heavy (non-hydrogen) atoms. The monoisotopic (exact) mass is 269 g/mol. The number of carbonyl (C=O) groups excluding carboxylic acids is 1. The van der Waals surface area contributed by atoms with E-state index in [4.69, 9.17) is 5.73 Å². The van der Waals surface area contributed by atoms with Crippen LogP contribution in [0, 0.1) is 0 Å². The van der Waals surface area contributed by atoms with Crippen LogP contribution in [-0.4, -0.2) is 12.0 Å². The average Bonchev–Trinajstić information content (AvgIpc) is 2.45. The topological polar surface area (TPSA) is 43.1 Å². The van der Waals surface area contributed by atoms with Crippen LogP contribution in [0.5, 0.6) is 0 Å². The number of benzene rings is 2. The fourth-order valence-electron chi connectivity index (χ4n) is 1.68. The molecule has 3 heteroatoms. The fourth-order valence-corrected chi connectivity index (χ4v) is 2.08. The summed E-state index contributed by atoms with van der Waals surface area (Å²) < 4.78 is 0. The third-order valence-corrected chi connectivity index (χ3v) is 3.46. The third-order valence-electron chi connectivity index (χ3n) is 2.71. The Hall–Kier alpha value is -2.00. The molecule has 0 aromatic heterocycles. The van der Waals surface area contributed by atoms with E-state index in [9.17, 15) is 4.79 Å². The minimum absolute atomic E-state index is 0.0405. The van der Waals surface area contributed by atoms with Crippen LogP contribution in [0.4, 0.5) is 5.69 Å². The lowest BCUT2D eigenvalue weighted by atomic mass is 10.1. The van der Waals surface area contributed by atoms with Crippen LogP contribution in [0.15, 0.2) is 59.5 Å². The van der Waals surface area contributed by atoms with E-state index < -0.39 is 0 Å². The molecule has 0 amide bonds. The predicted octanol–water partition coefficient (Wildman–Crippen LogP) is 3.89. The highest BCUT2D eigenvalue weighted by molar-refractivity contribution is 7.98. The van der Waals surface area contributed by atoms with Gasteiger partial charge in [0.1, 0.15) is 0 Å². The SMILES string of the molecule is CSc1ccc(/C=C/C(=O)c2cccc(N)c2)cc1. The largest absolute Gasteiger partial charge is 0.399 e. The van der Waals surface area contributed by atoms with Gasteiger partial charge in [-0.05, 0) is 42.2 Å². The van der Waals surface area contributed by atoms with Crippen molar-refractivity contribution >= 4 is 29.3 Å². The van der Waals surface area contributed by atoms with Gasteiger partial charge in [-0.1, -0.05) is 30.3 Å². The summed E-state index contributed by atoms with van der Waals surface area (Å²) in [7, 11) is 0. The zero-order chi connectivity index (χ0) is 13.7. The van der Waals surface area contributed by atoms with Crippen molar-refractivity contribution in [3.63, 3.8) is 0 Å². The van der Waals surface area contributed by atoms with E-state index in [0.29, 0.717) is 11.3 Å². The van der Waals surface area contributed by atoms with Crippen molar-refractivity contribution in [3.05, 3.63) is 65.7 Å².